The smallest absolute Gasteiger partial charge is 0.195 e. The summed E-state index contributed by atoms with van der Waals surface area (Å²) in [6.07, 6.45) is 0. The third-order valence-corrected chi connectivity index (χ3v) is 2.71. The first-order valence-electron chi connectivity index (χ1n) is 8.20. The van der Waals surface area contributed by atoms with E-state index in [0.717, 1.165) is 7.11 Å². The Balaban J connectivity index is 0. The molecule has 0 aliphatic heterocycles. The normalized spacial score (nSPS) is 8.46. The minimum absolute atomic E-state index is 0.0994. The predicted octanol–water partition coefficient (Wildman–Crippen LogP) is 5.76. The second-order valence-corrected chi connectivity index (χ2v) is 5.33. The third kappa shape index (κ3) is 10.7. The van der Waals surface area contributed by atoms with E-state index in [0.29, 0.717) is 21.8 Å². The molecule has 4 nitrogen and oxygen atoms in total. The number of anilines is 1. The van der Waals surface area contributed by atoms with Crippen LogP contribution in [0.25, 0.3) is 0 Å². The highest BCUT2D eigenvalue weighted by Crippen LogP contribution is 2.23. The van der Waals surface area contributed by atoms with Crippen molar-refractivity contribution in [3.05, 3.63) is 76.8 Å². The van der Waals surface area contributed by atoms with Gasteiger partial charge in [-0.25, -0.2) is 0 Å². The number of rotatable bonds is 4. The molecule has 26 heavy (non-hydrogen) atoms. The van der Waals surface area contributed by atoms with Gasteiger partial charge in [0.2, 0.25) is 0 Å². The van der Waals surface area contributed by atoms with Gasteiger partial charge in [0.05, 0.1) is 12.8 Å². The van der Waals surface area contributed by atoms with Crippen molar-refractivity contribution in [3.63, 3.8) is 0 Å². The van der Waals surface area contributed by atoms with Crippen LogP contribution < -0.4 is 5.48 Å². The van der Waals surface area contributed by atoms with Crippen LogP contribution in [-0.4, -0.2) is 25.1 Å². The molecule has 2 N–H and O–H groups in total. The molecule has 0 saturated heterocycles. The highest BCUT2D eigenvalue weighted by molar-refractivity contribution is 6.31. The molecule has 2 aromatic carbocycles. The Labute approximate surface area is 162 Å². The number of halogens is 1. The Hall–Kier alpha value is -2.14. The average Bonchev–Trinajstić information content (AvgIpc) is 2.66. The molecule has 0 atom stereocenters. The van der Waals surface area contributed by atoms with Gasteiger partial charge in [-0.2, -0.15) is 0 Å². The van der Waals surface area contributed by atoms with E-state index in [9.17, 15) is 4.79 Å². The molecule has 2 rings (SSSR count). The second-order valence-electron chi connectivity index (χ2n) is 4.90. The summed E-state index contributed by atoms with van der Waals surface area (Å²) in [5, 5.41) is 7.51. The number of hydrogen-bond donors (Lipinski definition) is 2. The van der Waals surface area contributed by atoms with Crippen molar-refractivity contribution in [2.45, 2.75) is 27.7 Å². The van der Waals surface area contributed by atoms with Crippen LogP contribution >= 0.6 is 11.6 Å². The molecular formula is C21H30ClNO3. The van der Waals surface area contributed by atoms with Gasteiger partial charge >= 0.3 is 0 Å². The van der Waals surface area contributed by atoms with Crippen molar-refractivity contribution in [3.8, 4) is 0 Å². The van der Waals surface area contributed by atoms with Crippen LogP contribution in [0.3, 0.4) is 0 Å². The number of aliphatic hydroxyl groups is 1. The maximum absolute atomic E-state index is 12.3. The van der Waals surface area contributed by atoms with E-state index in [2.05, 4.69) is 12.1 Å². The zero-order valence-electron chi connectivity index (χ0n) is 16.5. The van der Waals surface area contributed by atoms with E-state index in [1.807, 2.05) is 45.9 Å². The van der Waals surface area contributed by atoms with Crippen LogP contribution in [0, 0.1) is 0 Å². The van der Waals surface area contributed by atoms with E-state index in [1.165, 1.54) is 12.7 Å². The summed E-state index contributed by atoms with van der Waals surface area (Å²) in [6, 6.07) is 14.1. The van der Waals surface area contributed by atoms with Crippen molar-refractivity contribution < 1.29 is 14.7 Å². The second kappa shape index (κ2) is 16.3. The fourth-order valence-electron chi connectivity index (χ4n) is 1.65. The molecule has 0 saturated carbocycles. The monoisotopic (exact) mass is 379 g/mol. The van der Waals surface area contributed by atoms with Crippen molar-refractivity contribution >= 4 is 23.1 Å². The molecule has 0 spiro atoms. The number of carbonyl (C=O) groups excluding carboxylic acids is 1. The standard InChI is InChI=1S/C14H12ClNO2.C4H8.C2H6.CH4O/c1-18-16-13-8-7-11(15)9-12(13)14(17)10-5-3-2-4-6-10;1-4(2)3;2*1-2/h2-9,16H,1H3;1H2,2-3H3;1-2H3;2H,1H3. The number of benzene rings is 2. The van der Waals surface area contributed by atoms with Gasteiger partial charge < -0.3 is 5.11 Å². The predicted molar refractivity (Wildman–Crippen MR) is 112 cm³/mol. The Kier molecular flexibility index (Phi) is 16.4. The summed E-state index contributed by atoms with van der Waals surface area (Å²) in [4.78, 5) is 17.2. The van der Waals surface area contributed by atoms with Gasteiger partial charge in [0.1, 0.15) is 0 Å². The van der Waals surface area contributed by atoms with Crippen molar-refractivity contribution in [1.29, 1.82) is 0 Å². The Morgan fingerprint density at radius 1 is 1.08 bits per heavy atom. The minimum atomic E-state index is -0.0994. The lowest BCUT2D eigenvalue weighted by Crippen LogP contribution is -2.07. The first-order valence-corrected chi connectivity index (χ1v) is 8.58. The molecule has 0 unspecified atom stereocenters. The fourth-order valence-corrected chi connectivity index (χ4v) is 1.82. The quantitative estimate of drug-likeness (QED) is 0.402. The van der Waals surface area contributed by atoms with Gasteiger partial charge in [-0.05, 0) is 32.0 Å². The summed E-state index contributed by atoms with van der Waals surface area (Å²) in [7, 11) is 2.49. The molecule has 2 aromatic rings. The molecule has 144 valence electrons. The maximum atomic E-state index is 12.3. The SMILES string of the molecule is C=C(C)C.CC.CO.CONc1ccc(Cl)cc1C(=O)c1ccccc1. The van der Waals surface area contributed by atoms with Gasteiger partial charge in [0.15, 0.2) is 5.78 Å². The van der Waals surface area contributed by atoms with Crippen LogP contribution in [-0.2, 0) is 4.84 Å². The Morgan fingerprint density at radius 3 is 2.04 bits per heavy atom. The van der Waals surface area contributed by atoms with Crippen LogP contribution in [0.15, 0.2) is 60.7 Å². The van der Waals surface area contributed by atoms with Crippen LogP contribution in [0.4, 0.5) is 5.69 Å². The molecular weight excluding hydrogens is 350 g/mol. The van der Waals surface area contributed by atoms with Gasteiger partial charge in [0, 0.05) is 23.3 Å². The number of allylic oxidation sites excluding steroid dienone is 1. The van der Waals surface area contributed by atoms with Crippen LogP contribution in [0.2, 0.25) is 5.02 Å². The Morgan fingerprint density at radius 2 is 1.58 bits per heavy atom. The molecule has 5 heteroatoms. The Bertz CT molecular complexity index is 639. The number of aliphatic hydroxyl groups excluding tert-OH is 1. The summed E-state index contributed by atoms with van der Waals surface area (Å²) in [6.45, 7) is 11.5. The van der Waals surface area contributed by atoms with E-state index < -0.39 is 0 Å². The lowest BCUT2D eigenvalue weighted by Gasteiger charge is -2.10. The summed E-state index contributed by atoms with van der Waals surface area (Å²) in [5.74, 6) is -0.0994. The molecule has 0 amide bonds. The number of carbonyl (C=O) groups is 1. The minimum Gasteiger partial charge on any atom is -0.400 e. The van der Waals surface area contributed by atoms with E-state index in [4.69, 9.17) is 21.5 Å². The molecule has 0 aliphatic rings. The van der Waals surface area contributed by atoms with Gasteiger partial charge in [0.25, 0.3) is 0 Å². The molecule has 0 bridgehead atoms. The topological polar surface area (TPSA) is 58.6 Å². The number of hydrogen-bond acceptors (Lipinski definition) is 4. The first-order chi connectivity index (χ1) is 12.5. The number of nitrogens with one attached hydrogen (secondary N) is 1. The lowest BCUT2D eigenvalue weighted by atomic mass is 10.0. The summed E-state index contributed by atoms with van der Waals surface area (Å²) >= 11 is 5.93. The highest BCUT2D eigenvalue weighted by Gasteiger charge is 2.14. The lowest BCUT2D eigenvalue weighted by molar-refractivity contribution is 0.103. The largest absolute Gasteiger partial charge is 0.400 e. The van der Waals surface area contributed by atoms with Gasteiger partial charge in [-0.3, -0.25) is 15.1 Å². The fraction of sp³-hybridized carbons (Fsp3) is 0.286. The molecule has 0 aliphatic carbocycles. The first kappa shape index (κ1) is 26.1. The van der Waals surface area contributed by atoms with E-state index in [-0.39, 0.29) is 5.78 Å². The zero-order chi connectivity index (χ0) is 20.5. The number of ketones is 1. The van der Waals surface area contributed by atoms with Gasteiger partial charge in [-0.15, -0.1) is 6.58 Å². The van der Waals surface area contributed by atoms with Crippen molar-refractivity contribution in [2.24, 2.45) is 0 Å². The molecule has 0 radical (unpaired) electrons. The zero-order valence-corrected chi connectivity index (χ0v) is 17.2. The van der Waals surface area contributed by atoms with E-state index >= 15 is 0 Å². The highest BCUT2D eigenvalue weighted by atomic mass is 35.5. The van der Waals surface area contributed by atoms with Crippen LogP contribution in [0.5, 0.6) is 0 Å². The van der Waals surface area contributed by atoms with Gasteiger partial charge in [-0.1, -0.05) is 61.4 Å². The molecule has 0 aromatic heterocycles. The van der Waals surface area contributed by atoms with E-state index in [1.54, 1.807) is 30.3 Å². The molecule has 0 fully saturated rings. The molecule has 0 heterocycles. The van der Waals surface area contributed by atoms with Crippen molar-refractivity contribution in [2.75, 3.05) is 19.7 Å². The van der Waals surface area contributed by atoms with Crippen molar-refractivity contribution in [1.82, 2.24) is 0 Å². The maximum Gasteiger partial charge on any atom is 0.195 e. The summed E-state index contributed by atoms with van der Waals surface area (Å²) in [5.41, 5.74) is 5.53. The third-order valence-electron chi connectivity index (χ3n) is 2.47. The summed E-state index contributed by atoms with van der Waals surface area (Å²) < 4.78 is 0. The average molecular weight is 380 g/mol. The van der Waals surface area contributed by atoms with Crippen LogP contribution in [0.1, 0.15) is 43.6 Å².